The highest BCUT2D eigenvalue weighted by atomic mass is 79.9. The second-order valence-electron chi connectivity index (χ2n) is 4.29. The molecule has 0 spiro atoms. The Morgan fingerprint density at radius 2 is 1.50 bits per heavy atom. The molecule has 0 fully saturated rings. The normalized spacial score (nSPS) is 14.4. The molecule has 1 atom stereocenters. The van der Waals surface area contributed by atoms with Crippen molar-refractivity contribution in [1.82, 2.24) is 0 Å². The van der Waals surface area contributed by atoms with Gasteiger partial charge in [-0.1, -0.05) is 22.9 Å². The van der Waals surface area contributed by atoms with E-state index in [0.717, 1.165) is 0 Å². The van der Waals surface area contributed by atoms with Crippen LogP contribution in [-0.2, 0) is 0 Å². The monoisotopic (exact) mass is 281 g/mol. The van der Waals surface area contributed by atoms with Gasteiger partial charge in [-0.15, -0.1) is 0 Å². The lowest BCUT2D eigenvalue weighted by Gasteiger charge is -2.23. The summed E-state index contributed by atoms with van der Waals surface area (Å²) in [5.41, 5.74) is 0. The number of unbranched alkanes of at least 4 members (excludes halogenated alkanes) is 1. The second-order valence-corrected chi connectivity index (χ2v) is 10.9. The fraction of sp³-hybridized carbons (Fsp3) is 1.00. The lowest BCUT2D eigenvalue weighted by molar-refractivity contribution is 0.720. The zero-order valence-electron chi connectivity index (χ0n) is 10.4. The van der Waals surface area contributed by atoms with Gasteiger partial charge in [-0.25, -0.2) is 0 Å². The van der Waals surface area contributed by atoms with E-state index in [1.54, 1.807) is 0 Å². The summed E-state index contributed by atoms with van der Waals surface area (Å²) < 4.78 is 0. The molecule has 0 amide bonds. The molecule has 14 heavy (non-hydrogen) atoms. The van der Waals surface area contributed by atoms with Crippen molar-refractivity contribution in [3.63, 3.8) is 0 Å². The van der Waals surface area contributed by atoms with Gasteiger partial charge in [0, 0.05) is 12.1 Å². The van der Waals surface area contributed by atoms with Crippen molar-refractivity contribution >= 4 is 23.2 Å². The average molecular weight is 282 g/mol. The number of hydrogen-bond acceptors (Lipinski definition) is 0. The maximum absolute atomic E-state index is 3.62. The minimum atomic E-state index is -0.514. The van der Waals surface area contributed by atoms with Crippen molar-refractivity contribution in [1.29, 1.82) is 0 Å². The molecule has 0 aromatic carbocycles. The van der Waals surface area contributed by atoms with Crippen LogP contribution in [-0.4, -0.2) is 29.5 Å². The van der Waals surface area contributed by atoms with E-state index in [9.17, 15) is 0 Å². The van der Waals surface area contributed by atoms with Crippen LogP contribution in [0.4, 0.5) is 0 Å². The Kier molecular flexibility index (Phi) is 8.63. The summed E-state index contributed by atoms with van der Waals surface area (Å²) in [7, 11) is -0.514. The summed E-state index contributed by atoms with van der Waals surface area (Å²) in [6.45, 7) is 9.44. The first-order valence-electron chi connectivity index (χ1n) is 6.09. The van der Waals surface area contributed by atoms with Crippen molar-refractivity contribution in [2.45, 2.75) is 51.8 Å². The van der Waals surface area contributed by atoms with Crippen molar-refractivity contribution in [2.75, 3.05) is 24.6 Å². The fourth-order valence-electron chi connectivity index (χ4n) is 2.02. The Balaban J connectivity index is 3.71. The van der Waals surface area contributed by atoms with E-state index < -0.39 is 7.26 Å². The molecule has 0 nitrogen and oxygen atoms in total. The molecule has 0 aromatic heterocycles. The lowest BCUT2D eigenvalue weighted by atomic mass is 10.2. The van der Waals surface area contributed by atoms with Gasteiger partial charge in [-0.3, -0.25) is 0 Å². The van der Waals surface area contributed by atoms with Crippen LogP contribution in [0.1, 0.15) is 47.0 Å². The minimum Gasteiger partial charge on any atom is -0.0894 e. The molecular formula is C12H27BrP+. The highest BCUT2D eigenvalue weighted by Crippen LogP contribution is 2.58. The van der Waals surface area contributed by atoms with E-state index in [1.165, 1.54) is 43.9 Å². The maximum Gasteiger partial charge on any atom is 0.0594 e. The van der Waals surface area contributed by atoms with Crippen molar-refractivity contribution in [3.05, 3.63) is 0 Å². The van der Waals surface area contributed by atoms with Crippen LogP contribution in [0, 0.1) is 0 Å². The molecule has 0 aliphatic rings. The summed E-state index contributed by atoms with van der Waals surface area (Å²) >= 11 is 3.62. The van der Waals surface area contributed by atoms with E-state index in [4.69, 9.17) is 0 Å². The first-order chi connectivity index (χ1) is 6.60. The van der Waals surface area contributed by atoms with Gasteiger partial charge in [0.15, 0.2) is 0 Å². The SMILES string of the molecule is CC[P+](CC)(CC)CCCCC(C)Br. The third kappa shape index (κ3) is 5.71. The molecule has 0 N–H and O–H groups in total. The Morgan fingerprint density at radius 3 is 1.86 bits per heavy atom. The Hall–Kier alpha value is 0.910. The van der Waals surface area contributed by atoms with Crippen molar-refractivity contribution in [2.24, 2.45) is 0 Å². The molecule has 2 heteroatoms. The summed E-state index contributed by atoms with van der Waals surface area (Å²) in [5.74, 6) is 0. The molecule has 0 saturated carbocycles. The minimum absolute atomic E-state index is 0.514. The summed E-state index contributed by atoms with van der Waals surface area (Å²) in [6, 6.07) is 0. The fourth-order valence-corrected chi connectivity index (χ4v) is 5.53. The number of alkyl halides is 1. The van der Waals surface area contributed by atoms with Crippen LogP contribution in [0.3, 0.4) is 0 Å². The van der Waals surface area contributed by atoms with Crippen molar-refractivity contribution in [3.8, 4) is 0 Å². The predicted octanol–water partition coefficient (Wildman–Crippen LogP) is 5.02. The van der Waals surface area contributed by atoms with E-state index in [1.807, 2.05) is 0 Å². The molecular weight excluding hydrogens is 255 g/mol. The van der Waals surface area contributed by atoms with Crippen molar-refractivity contribution < 1.29 is 0 Å². The maximum atomic E-state index is 3.62. The topological polar surface area (TPSA) is 0 Å². The molecule has 0 heterocycles. The molecule has 0 aliphatic carbocycles. The quantitative estimate of drug-likeness (QED) is 0.333. The standard InChI is InChI=1S/C12H27BrP/c1-5-14(6-2,7-3)11-9-8-10-12(4)13/h12H,5-11H2,1-4H3/q+1. The van der Waals surface area contributed by atoms with Gasteiger partial charge in [0.2, 0.25) is 0 Å². The largest absolute Gasteiger partial charge is 0.0894 e. The summed E-state index contributed by atoms with van der Waals surface area (Å²) in [4.78, 5) is 0.708. The van der Waals surface area contributed by atoms with Crippen LogP contribution in [0.25, 0.3) is 0 Å². The van der Waals surface area contributed by atoms with E-state index >= 15 is 0 Å². The van der Waals surface area contributed by atoms with Gasteiger partial charge in [-0.05, 0) is 40.0 Å². The Morgan fingerprint density at radius 1 is 1.00 bits per heavy atom. The zero-order chi connectivity index (χ0) is 11.0. The summed E-state index contributed by atoms with van der Waals surface area (Å²) in [6.07, 6.45) is 10.1. The van der Waals surface area contributed by atoms with E-state index in [-0.39, 0.29) is 0 Å². The smallest absolute Gasteiger partial charge is 0.0594 e. The molecule has 1 unspecified atom stereocenters. The highest BCUT2D eigenvalue weighted by Gasteiger charge is 2.29. The third-order valence-electron chi connectivity index (χ3n) is 3.50. The lowest BCUT2D eigenvalue weighted by Crippen LogP contribution is -2.07. The Labute approximate surface area is 99.7 Å². The third-order valence-corrected chi connectivity index (χ3v) is 9.24. The van der Waals surface area contributed by atoms with Gasteiger partial charge in [-0.2, -0.15) is 0 Å². The molecule has 0 aliphatic heterocycles. The number of rotatable bonds is 8. The predicted molar refractivity (Wildman–Crippen MR) is 75.7 cm³/mol. The first-order valence-corrected chi connectivity index (χ1v) is 9.54. The van der Waals surface area contributed by atoms with Crippen LogP contribution >= 0.6 is 23.2 Å². The molecule has 0 bridgehead atoms. The summed E-state index contributed by atoms with van der Waals surface area (Å²) in [5, 5.41) is 0. The first kappa shape index (κ1) is 14.9. The molecule has 0 aromatic rings. The van der Waals surface area contributed by atoms with E-state index in [0.29, 0.717) is 4.83 Å². The van der Waals surface area contributed by atoms with Gasteiger partial charge in [0.1, 0.15) is 0 Å². The van der Waals surface area contributed by atoms with Crippen LogP contribution in [0.2, 0.25) is 0 Å². The van der Waals surface area contributed by atoms with Crippen LogP contribution in [0.5, 0.6) is 0 Å². The van der Waals surface area contributed by atoms with Gasteiger partial charge >= 0.3 is 0 Å². The van der Waals surface area contributed by atoms with Gasteiger partial charge in [0.05, 0.1) is 24.6 Å². The second kappa shape index (κ2) is 8.11. The van der Waals surface area contributed by atoms with Gasteiger partial charge in [0.25, 0.3) is 0 Å². The number of halogens is 1. The van der Waals surface area contributed by atoms with E-state index in [2.05, 4.69) is 43.6 Å². The number of hydrogen-bond donors (Lipinski definition) is 0. The Bertz CT molecular complexity index is 122. The van der Waals surface area contributed by atoms with Crippen LogP contribution < -0.4 is 0 Å². The average Bonchev–Trinajstić information content (AvgIpc) is 2.19. The molecule has 0 radical (unpaired) electrons. The molecule has 86 valence electrons. The van der Waals surface area contributed by atoms with Gasteiger partial charge < -0.3 is 0 Å². The highest BCUT2D eigenvalue weighted by molar-refractivity contribution is 9.09. The zero-order valence-corrected chi connectivity index (χ0v) is 12.8. The molecule has 0 rings (SSSR count). The van der Waals surface area contributed by atoms with Crippen LogP contribution in [0.15, 0.2) is 0 Å². The molecule has 0 saturated heterocycles.